The number of aliphatic hydroxyl groups is 1. The summed E-state index contributed by atoms with van der Waals surface area (Å²) >= 11 is 6.00. The Balaban J connectivity index is 1.99. The molecule has 23 heavy (non-hydrogen) atoms. The van der Waals surface area contributed by atoms with Gasteiger partial charge in [-0.1, -0.05) is 22.9 Å². The van der Waals surface area contributed by atoms with Crippen molar-refractivity contribution in [2.24, 2.45) is 7.05 Å². The summed E-state index contributed by atoms with van der Waals surface area (Å²) in [7, 11) is 1.75. The molecule has 120 valence electrons. The zero-order valence-electron chi connectivity index (χ0n) is 12.7. The van der Waals surface area contributed by atoms with E-state index in [0.29, 0.717) is 34.5 Å². The summed E-state index contributed by atoms with van der Waals surface area (Å²) < 4.78 is 1.56. The summed E-state index contributed by atoms with van der Waals surface area (Å²) in [6, 6.07) is 7.29. The van der Waals surface area contributed by atoms with Gasteiger partial charge in [-0.3, -0.25) is 0 Å². The second-order valence-corrected chi connectivity index (χ2v) is 5.58. The van der Waals surface area contributed by atoms with Crippen molar-refractivity contribution < 1.29 is 5.11 Å². The number of halogens is 1. The van der Waals surface area contributed by atoms with Crippen LogP contribution in [0.1, 0.15) is 6.92 Å². The molecule has 0 radical (unpaired) electrons. The van der Waals surface area contributed by atoms with Gasteiger partial charge in [-0.15, -0.1) is 5.10 Å². The van der Waals surface area contributed by atoms with E-state index >= 15 is 0 Å². The van der Waals surface area contributed by atoms with Gasteiger partial charge in [-0.25, -0.2) is 4.68 Å². The van der Waals surface area contributed by atoms with Gasteiger partial charge in [0.25, 0.3) is 0 Å². The first-order valence-corrected chi connectivity index (χ1v) is 7.42. The van der Waals surface area contributed by atoms with E-state index in [1.807, 2.05) is 12.1 Å². The first-order valence-electron chi connectivity index (χ1n) is 7.05. The Kier molecular flexibility index (Phi) is 4.26. The molecule has 0 bridgehead atoms. The first-order chi connectivity index (χ1) is 11.0. The van der Waals surface area contributed by atoms with E-state index in [1.54, 1.807) is 30.8 Å². The minimum absolute atomic E-state index is 0.341. The van der Waals surface area contributed by atoms with E-state index in [4.69, 9.17) is 11.6 Å². The molecule has 2 aromatic heterocycles. The molecule has 3 aromatic rings. The number of benzene rings is 1. The molecular formula is C14H16ClN7O. The molecule has 2 heterocycles. The van der Waals surface area contributed by atoms with Gasteiger partial charge in [-0.2, -0.15) is 9.97 Å². The fourth-order valence-corrected chi connectivity index (χ4v) is 2.21. The summed E-state index contributed by atoms with van der Waals surface area (Å²) in [5, 5.41) is 24.2. The predicted molar refractivity (Wildman–Crippen MR) is 89.0 cm³/mol. The number of aromatic nitrogens is 5. The van der Waals surface area contributed by atoms with Crippen LogP contribution in [0.2, 0.25) is 5.02 Å². The first kappa shape index (κ1) is 15.4. The third-order valence-corrected chi connectivity index (χ3v) is 3.33. The number of rotatable bonds is 5. The molecule has 1 aromatic carbocycles. The summed E-state index contributed by atoms with van der Waals surface area (Å²) in [4.78, 5) is 8.77. The van der Waals surface area contributed by atoms with Crippen molar-refractivity contribution in [3.8, 4) is 0 Å². The maximum absolute atomic E-state index is 9.40. The van der Waals surface area contributed by atoms with E-state index in [2.05, 4.69) is 30.9 Å². The molecule has 8 nitrogen and oxygen atoms in total. The Labute approximate surface area is 137 Å². The molecule has 0 spiro atoms. The van der Waals surface area contributed by atoms with Gasteiger partial charge < -0.3 is 15.7 Å². The highest BCUT2D eigenvalue weighted by molar-refractivity contribution is 6.30. The smallest absolute Gasteiger partial charge is 0.226 e. The van der Waals surface area contributed by atoms with E-state index in [1.165, 1.54) is 0 Å². The van der Waals surface area contributed by atoms with Crippen LogP contribution in [-0.4, -0.2) is 42.7 Å². The van der Waals surface area contributed by atoms with E-state index in [-0.39, 0.29) is 0 Å². The molecular weight excluding hydrogens is 318 g/mol. The van der Waals surface area contributed by atoms with Crippen LogP contribution in [-0.2, 0) is 7.05 Å². The lowest BCUT2D eigenvalue weighted by Gasteiger charge is -2.10. The normalized spacial score (nSPS) is 12.3. The number of nitrogens with zero attached hydrogens (tertiary/aromatic N) is 5. The molecule has 1 unspecified atom stereocenters. The molecule has 1 atom stereocenters. The molecule has 3 rings (SSSR count). The van der Waals surface area contributed by atoms with Crippen molar-refractivity contribution in [3.63, 3.8) is 0 Å². The Bertz CT molecular complexity index is 833. The molecule has 0 amide bonds. The van der Waals surface area contributed by atoms with Crippen molar-refractivity contribution in [3.05, 3.63) is 29.3 Å². The second-order valence-electron chi connectivity index (χ2n) is 5.15. The predicted octanol–water partition coefficient (Wildman–Crippen LogP) is 1.95. The maximum Gasteiger partial charge on any atom is 0.226 e. The molecule has 0 aliphatic heterocycles. The number of anilines is 3. The minimum atomic E-state index is -0.511. The third kappa shape index (κ3) is 3.49. The number of hydrogen-bond donors (Lipinski definition) is 3. The number of nitrogens with one attached hydrogen (secondary N) is 2. The topological polar surface area (TPSA) is 101 Å². The van der Waals surface area contributed by atoms with Gasteiger partial charge >= 0.3 is 0 Å². The third-order valence-electron chi connectivity index (χ3n) is 3.09. The van der Waals surface area contributed by atoms with Crippen LogP contribution in [0.25, 0.3) is 11.2 Å². The maximum atomic E-state index is 9.40. The van der Waals surface area contributed by atoms with Crippen LogP contribution in [0, 0.1) is 0 Å². The average Bonchev–Trinajstić information content (AvgIpc) is 2.87. The van der Waals surface area contributed by atoms with E-state index < -0.39 is 6.10 Å². The number of aryl methyl sites for hydroxylation is 1. The summed E-state index contributed by atoms with van der Waals surface area (Å²) in [6.07, 6.45) is -0.511. The largest absolute Gasteiger partial charge is 0.392 e. The van der Waals surface area contributed by atoms with E-state index in [0.717, 1.165) is 5.69 Å². The van der Waals surface area contributed by atoms with E-state index in [9.17, 15) is 5.11 Å². The lowest BCUT2D eigenvalue weighted by atomic mass is 10.3. The molecule has 9 heteroatoms. The second kappa shape index (κ2) is 6.35. The fraction of sp³-hybridized carbons (Fsp3) is 0.286. The van der Waals surface area contributed by atoms with Gasteiger partial charge in [0.2, 0.25) is 5.95 Å². The summed E-state index contributed by atoms with van der Waals surface area (Å²) in [5.74, 6) is 0.895. The quantitative estimate of drug-likeness (QED) is 0.656. The standard InChI is InChI=1S/C14H16ClN7O/c1-8(23)7-16-14-18-12(11-13(19-14)22(2)21-20-11)17-10-5-3-4-9(15)6-10/h3-6,8,23H,7H2,1-2H3,(H2,16,17,18,19). The van der Waals surface area contributed by atoms with Crippen molar-refractivity contribution in [2.45, 2.75) is 13.0 Å². The van der Waals surface area contributed by atoms with Gasteiger partial charge in [0, 0.05) is 24.3 Å². The Morgan fingerprint density at radius 2 is 2.17 bits per heavy atom. The van der Waals surface area contributed by atoms with Gasteiger partial charge in [-0.05, 0) is 25.1 Å². The highest BCUT2D eigenvalue weighted by Crippen LogP contribution is 2.24. The number of fused-ring (bicyclic) bond motifs is 1. The zero-order valence-corrected chi connectivity index (χ0v) is 13.4. The minimum Gasteiger partial charge on any atom is -0.392 e. The molecule has 0 saturated heterocycles. The number of aliphatic hydroxyl groups excluding tert-OH is 1. The van der Waals surface area contributed by atoms with Crippen LogP contribution in [0.3, 0.4) is 0 Å². The highest BCUT2D eigenvalue weighted by Gasteiger charge is 2.14. The Morgan fingerprint density at radius 3 is 2.91 bits per heavy atom. The van der Waals surface area contributed by atoms with Gasteiger partial charge in [0.15, 0.2) is 17.0 Å². The van der Waals surface area contributed by atoms with Crippen LogP contribution >= 0.6 is 11.6 Å². The molecule has 0 saturated carbocycles. The molecule has 3 N–H and O–H groups in total. The summed E-state index contributed by atoms with van der Waals surface area (Å²) in [5.41, 5.74) is 1.91. The average molecular weight is 334 g/mol. The monoisotopic (exact) mass is 333 g/mol. The van der Waals surface area contributed by atoms with Gasteiger partial charge in [0.05, 0.1) is 6.10 Å². The van der Waals surface area contributed by atoms with Crippen molar-refractivity contribution in [2.75, 3.05) is 17.2 Å². The van der Waals surface area contributed by atoms with Crippen LogP contribution in [0.15, 0.2) is 24.3 Å². The Hall–Kier alpha value is -2.45. The van der Waals surface area contributed by atoms with Crippen LogP contribution in [0.4, 0.5) is 17.5 Å². The SMILES string of the molecule is CC(O)CNc1nc(Nc2cccc(Cl)c2)c2nnn(C)c2n1. The van der Waals surface area contributed by atoms with Gasteiger partial charge in [0.1, 0.15) is 0 Å². The molecule has 0 fully saturated rings. The Morgan fingerprint density at radius 1 is 1.35 bits per heavy atom. The number of hydrogen-bond acceptors (Lipinski definition) is 7. The van der Waals surface area contributed by atoms with Crippen molar-refractivity contribution in [1.29, 1.82) is 0 Å². The summed E-state index contributed by atoms with van der Waals surface area (Å²) in [6.45, 7) is 2.02. The molecule has 0 aliphatic carbocycles. The van der Waals surface area contributed by atoms with Crippen LogP contribution in [0.5, 0.6) is 0 Å². The fourth-order valence-electron chi connectivity index (χ4n) is 2.02. The van der Waals surface area contributed by atoms with Crippen molar-refractivity contribution >= 4 is 40.2 Å². The highest BCUT2D eigenvalue weighted by atomic mass is 35.5. The van der Waals surface area contributed by atoms with Crippen LogP contribution < -0.4 is 10.6 Å². The zero-order chi connectivity index (χ0) is 16.4. The lowest BCUT2D eigenvalue weighted by Crippen LogP contribution is -2.17. The lowest BCUT2D eigenvalue weighted by molar-refractivity contribution is 0.208. The molecule has 0 aliphatic rings. The van der Waals surface area contributed by atoms with Crippen molar-refractivity contribution in [1.82, 2.24) is 25.0 Å².